The minimum absolute atomic E-state index is 0.589. The van der Waals surface area contributed by atoms with Gasteiger partial charge in [0.2, 0.25) is 5.95 Å². The maximum Gasteiger partial charge on any atom is 0.207 e. The summed E-state index contributed by atoms with van der Waals surface area (Å²) in [6.07, 6.45) is 11.2. The minimum Gasteiger partial charge on any atom is -0.353 e. The van der Waals surface area contributed by atoms with E-state index in [1.165, 1.54) is 30.6 Å². The van der Waals surface area contributed by atoms with Crippen molar-refractivity contribution in [1.82, 2.24) is 9.55 Å². The van der Waals surface area contributed by atoms with Gasteiger partial charge in [-0.05, 0) is 43.4 Å². The standard InChI is InChI=1S/C15H19N3S/c1-19-14-8-6-13(7-9-14)18-11-10-16-15(18)17-12-4-2-3-5-12/h6-12H,2-5H2,1H3,(H,16,17). The lowest BCUT2D eigenvalue weighted by Gasteiger charge is -2.14. The molecule has 4 heteroatoms. The predicted molar refractivity (Wildman–Crippen MR) is 81.2 cm³/mol. The molecule has 0 unspecified atom stereocenters. The first-order valence-electron chi connectivity index (χ1n) is 6.81. The first-order valence-corrected chi connectivity index (χ1v) is 8.03. The highest BCUT2D eigenvalue weighted by molar-refractivity contribution is 7.98. The van der Waals surface area contributed by atoms with E-state index >= 15 is 0 Å². The van der Waals surface area contributed by atoms with Crippen LogP contribution >= 0.6 is 11.8 Å². The van der Waals surface area contributed by atoms with Crippen LogP contribution in [0.5, 0.6) is 0 Å². The molecule has 1 aromatic carbocycles. The SMILES string of the molecule is CSc1ccc(-n2ccnc2NC2CCCC2)cc1. The number of benzene rings is 1. The average molecular weight is 273 g/mol. The lowest BCUT2D eigenvalue weighted by molar-refractivity contribution is 0.740. The maximum absolute atomic E-state index is 4.45. The Hall–Kier alpha value is -1.42. The third-order valence-corrected chi connectivity index (χ3v) is 4.42. The fourth-order valence-electron chi connectivity index (χ4n) is 2.61. The summed E-state index contributed by atoms with van der Waals surface area (Å²) in [4.78, 5) is 5.73. The van der Waals surface area contributed by atoms with Crippen molar-refractivity contribution < 1.29 is 0 Å². The Labute approximate surface area is 118 Å². The van der Waals surface area contributed by atoms with Crippen LogP contribution in [-0.4, -0.2) is 21.8 Å². The lowest BCUT2D eigenvalue weighted by atomic mass is 10.2. The highest BCUT2D eigenvalue weighted by Gasteiger charge is 2.16. The molecule has 0 spiro atoms. The van der Waals surface area contributed by atoms with E-state index in [9.17, 15) is 0 Å². The Morgan fingerprint density at radius 2 is 1.95 bits per heavy atom. The van der Waals surface area contributed by atoms with E-state index in [4.69, 9.17) is 0 Å². The number of aromatic nitrogens is 2. The van der Waals surface area contributed by atoms with E-state index in [-0.39, 0.29) is 0 Å². The zero-order valence-corrected chi connectivity index (χ0v) is 12.0. The van der Waals surface area contributed by atoms with Gasteiger partial charge in [-0.3, -0.25) is 4.57 Å². The summed E-state index contributed by atoms with van der Waals surface area (Å²) in [6.45, 7) is 0. The minimum atomic E-state index is 0.589. The Bertz CT molecular complexity index is 527. The second-order valence-corrected chi connectivity index (χ2v) is 5.82. The number of thioether (sulfide) groups is 1. The molecule has 0 saturated heterocycles. The number of anilines is 1. The zero-order valence-electron chi connectivity index (χ0n) is 11.2. The van der Waals surface area contributed by atoms with Gasteiger partial charge in [0.05, 0.1) is 0 Å². The molecule has 0 atom stereocenters. The van der Waals surface area contributed by atoms with Gasteiger partial charge in [-0.1, -0.05) is 12.8 Å². The summed E-state index contributed by atoms with van der Waals surface area (Å²) in [5, 5.41) is 3.56. The highest BCUT2D eigenvalue weighted by Crippen LogP contribution is 2.24. The molecule has 1 N–H and O–H groups in total. The van der Waals surface area contributed by atoms with Crippen LogP contribution < -0.4 is 5.32 Å². The fraction of sp³-hybridized carbons (Fsp3) is 0.400. The van der Waals surface area contributed by atoms with Crippen molar-refractivity contribution >= 4 is 17.7 Å². The predicted octanol–water partition coefficient (Wildman–Crippen LogP) is 3.95. The van der Waals surface area contributed by atoms with E-state index in [2.05, 4.69) is 45.4 Å². The van der Waals surface area contributed by atoms with Crippen molar-refractivity contribution in [3.8, 4) is 5.69 Å². The molecule has 1 saturated carbocycles. The monoisotopic (exact) mass is 273 g/mol. The highest BCUT2D eigenvalue weighted by atomic mass is 32.2. The molecule has 3 nitrogen and oxygen atoms in total. The van der Waals surface area contributed by atoms with Crippen molar-refractivity contribution in [3.05, 3.63) is 36.7 Å². The van der Waals surface area contributed by atoms with Crippen LogP contribution in [0.2, 0.25) is 0 Å². The third-order valence-electron chi connectivity index (χ3n) is 3.68. The van der Waals surface area contributed by atoms with Crippen LogP contribution in [0.1, 0.15) is 25.7 Å². The molecule has 0 bridgehead atoms. The zero-order chi connectivity index (χ0) is 13.1. The molecule has 0 radical (unpaired) electrons. The van der Waals surface area contributed by atoms with E-state index < -0.39 is 0 Å². The number of hydrogen-bond donors (Lipinski definition) is 1. The number of nitrogens with zero attached hydrogens (tertiary/aromatic N) is 2. The molecular weight excluding hydrogens is 254 g/mol. The van der Waals surface area contributed by atoms with Gasteiger partial charge in [-0.2, -0.15) is 0 Å². The van der Waals surface area contributed by atoms with Gasteiger partial charge >= 0.3 is 0 Å². The van der Waals surface area contributed by atoms with Crippen LogP contribution in [0.15, 0.2) is 41.6 Å². The first kappa shape index (κ1) is 12.6. The second-order valence-electron chi connectivity index (χ2n) is 4.94. The Balaban J connectivity index is 1.81. The summed E-state index contributed by atoms with van der Waals surface area (Å²) in [5.41, 5.74) is 1.16. The summed E-state index contributed by atoms with van der Waals surface area (Å²) in [6, 6.07) is 9.19. The summed E-state index contributed by atoms with van der Waals surface area (Å²) in [5.74, 6) is 0.962. The summed E-state index contributed by atoms with van der Waals surface area (Å²) >= 11 is 1.76. The molecule has 1 heterocycles. The number of nitrogens with one attached hydrogen (secondary N) is 1. The van der Waals surface area contributed by atoms with Crippen molar-refractivity contribution in [1.29, 1.82) is 0 Å². The molecule has 0 aliphatic heterocycles. The van der Waals surface area contributed by atoms with Crippen molar-refractivity contribution in [3.63, 3.8) is 0 Å². The normalized spacial score (nSPS) is 15.8. The molecule has 2 aromatic rings. The summed E-state index contributed by atoms with van der Waals surface area (Å²) < 4.78 is 2.13. The molecule has 0 amide bonds. The van der Waals surface area contributed by atoms with Gasteiger partial charge in [-0.15, -0.1) is 11.8 Å². The van der Waals surface area contributed by atoms with Gasteiger partial charge in [0.1, 0.15) is 0 Å². The molecular formula is C15H19N3S. The number of hydrogen-bond acceptors (Lipinski definition) is 3. The fourth-order valence-corrected chi connectivity index (χ4v) is 3.02. The number of rotatable bonds is 4. The molecule has 1 aromatic heterocycles. The Morgan fingerprint density at radius 3 is 2.63 bits per heavy atom. The lowest BCUT2D eigenvalue weighted by Crippen LogP contribution is -2.17. The van der Waals surface area contributed by atoms with Crippen LogP contribution in [0, 0.1) is 0 Å². The molecule has 3 rings (SSSR count). The topological polar surface area (TPSA) is 29.9 Å². The van der Waals surface area contributed by atoms with Gasteiger partial charge in [-0.25, -0.2) is 4.98 Å². The smallest absolute Gasteiger partial charge is 0.207 e. The van der Waals surface area contributed by atoms with E-state index in [1.54, 1.807) is 11.8 Å². The average Bonchev–Trinajstić information content (AvgIpc) is 3.11. The Morgan fingerprint density at radius 1 is 1.21 bits per heavy atom. The van der Waals surface area contributed by atoms with Gasteiger partial charge < -0.3 is 5.32 Å². The van der Waals surface area contributed by atoms with Crippen LogP contribution in [0.4, 0.5) is 5.95 Å². The van der Waals surface area contributed by atoms with Crippen LogP contribution in [-0.2, 0) is 0 Å². The molecule has 1 fully saturated rings. The van der Waals surface area contributed by atoms with Crippen molar-refractivity contribution in [2.75, 3.05) is 11.6 Å². The van der Waals surface area contributed by atoms with Gasteiger partial charge in [0, 0.05) is 29.0 Å². The van der Waals surface area contributed by atoms with E-state index in [1.807, 2.05) is 12.4 Å². The summed E-state index contributed by atoms with van der Waals surface area (Å²) in [7, 11) is 0. The van der Waals surface area contributed by atoms with E-state index in [0.29, 0.717) is 6.04 Å². The van der Waals surface area contributed by atoms with Crippen molar-refractivity contribution in [2.45, 2.75) is 36.6 Å². The van der Waals surface area contributed by atoms with Gasteiger partial charge in [0.25, 0.3) is 0 Å². The first-order chi connectivity index (χ1) is 9.36. The largest absolute Gasteiger partial charge is 0.353 e. The molecule has 100 valence electrons. The molecule has 19 heavy (non-hydrogen) atoms. The number of imidazole rings is 1. The Kier molecular flexibility index (Phi) is 3.78. The van der Waals surface area contributed by atoms with Crippen LogP contribution in [0.25, 0.3) is 5.69 Å². The molecule has 1 aliphatic carbocycles. The maximum atomic E-state index is 4.45. The third kappa shape index (κ3) is 2.78. The quantitative estimate of drug-likeness (QED) is 0.855. The van der Waals surface area contributed by atoms with Crippen LogP contribution in [0.3, 0.4) is 0 Å². The van der Waals surface area contributed by atoms with Gasteiger partial charge in [0.15, 0.2) is 0 Å². The second kappa shape index (κ2) is 5.70. The van der Waals surface area contributed by atoms with Crippen molar-refractivity contribution in [2.24, 2.45) is 0 Å². The molecule has 1 aliphatic rings. The van der Waals surface area contributed by atoms with E-state index in [0.717, 1.165) is 11.6 Å².